The van der Waals surface area contributed by atoms with Crippen LogP contribution in [-0.2, 0) is 6.54 Å². The highest BCUT2D eigenvalue weighted by atomic mass is 19.2. The van der Waals surface area contributed by atoms with Crippen LogP contribution in [0.1, 0.15) is 5.56 Å². The van der Waals surface area contributed by atoms with Crippen LogP contribution in [0, 0.1) is 11.6 Å². The molecule has 4 heteroatoms. The number of aromatic hydroxyl groups is 1. The van der Waals surface area contributed by atoms with Crippen molar-refractivity contribution in [2.24, 2.45) is 0 Å². The molecule has 0 heterocycles. The maximum absolute atomic E-state index is 12.7. The largest absolute Gasteiger partial charge is 0.505 e. The summed E-state index contributed by atoms with van der Waals surface area (Å²) in [5.74, 6) is -2.85. The zero-order chi connectivity index (χ0) is 9.14. The van der Waals surface area contributed by atoms with Gasteiger partial charge in [0.15, 0.2) is 11.6 Å². The van der Waals surface area contributed by atoms with Gasteiger partial charge in [-0.2, -0.15) is 4.39 Å². The number of nitrogens with one attached hydrogen (secondary N) is 1. The maximum Gasteiger partial charge on any atom is 0.200 e. The fourth-order valence-electron chi connectivity index (χ4n) is 0.913. The first-order chi connectivity index (χ1) is 5.66. The molecule has 1 aromatic rings. The van der Waals surface area contributed by atoms with Gasteiger partial charge in [-0.25, -0.2) is 4.39 Å². The molecule has 2 nitrogen and oxygen atoms in total. The lowest BCUT2D eigenvalue weighted by atomic mass is 10.2. The number of phenols is 1. The van der Waals surface area contributed by atoms with Crippen molar-refractivity contribution in [3.63, 3.8) is 0 Å². The SMILES string of the molecule is CNCc1ccc(F)c(F)c1O. The second-order valence-electron chi connectivity index (χ2n) is 2.40. The molecule has 0 bridgehead atoms. The first-order valence-electron chi connectivity index (χ1n) is 3.47. The first kappa shape index (κ1) is 8.93. The molecular weight excluding hydrogens is 164 g/mol. The van der Waals surface area contributed by atoms with Crippen molar-refractivity contribution in [3.05, 3.63) is 29.3 Å². The number of hydrogen-bond donors (Lipinski definition) is 2. The monoisotopic (exact) mass is 173 g/mol. The number of rotatable bonds is 2. The van der Waals surface area contributed by atoms with Gasteiger partial charge >= 0.3 is 0 Å². The molecule has 0 aliphatic rings. The van der Waals surface area contributed by atoms with E-state index in [1.54, 1.807) is 7.05 Å². The number of halogens is 2. The predicted octanol–water partition coefficient (Wildman–Crippen LogP) is 1.39. The predicted molar refractivity (Wildman–Crippen MR) is 40.8 cm³/mol. The minimum atomic E-state index is -1.19. The first-order valence-corrected chi connectivity index (χ1v) is 3.47. The van der Waals surface area contributed by atoms with Gasteiger partial charge in [0.25, 0.3) is 0 Å². The van der Waals surface area contributed by atoms with Crippen LogP contribution in [0.2, 0.25) is 0 Å². The summed E-state index contributed by atoms with van der Waals surface area (Å²) in [4.78, 5) is 0. The third-order valence-electron chi connectivity index (χ3n) is 1.52. The van der Waals surface area contributed by atoms with Crippen molar-refractivity contribution in [2.45, 2.75) is 6.54 Å². The van der Waals surface area contributed by atoms with E-state index < -0.39 is 17.4 Å². The Morgan fingerprint density at radius 3 is 2.67 bits per heavy atom. The molecule has 66 valence electrons. The summed E-state index contributed by atoms with van der Waals surface area (Å²) in [5.41, 5.74) is 0.344. The van der Waals surface area contributed by atoms with Crippen LogP contribution < -0.4 is 5.32 Å². The van der Waals surface area contributed by atoms with E-state index in [2.05, 4.69) is 5.32 Å². The van der Waals surface area contributed by atoms with Crippen molar-refractivity contribution in [1.29, 1.82) is 0 Å². The highest BCUT2D eigenvalue weighted by Crippen LogP contribution is 2.22. The van der Waals surface area contributed by atoms with Gasteiger partial charge in [-0.3, -0.25) is 0 Å². The summed E-state index contributed by atoms with van der Waals surface area (Å²) in [5, 5.41) is 11.8. The Morgan fingerprint density at radius 2 is 2.08 bits per heavy atom. The van der Waals surface area contributed by atoms with E-state index in [1.807, 2.05) is 0 Å². The molecule has 0 aliphatic carbocycles. The van der Waals surface area contributed by atoms with Crippen molar-refractivity contribution in [2.75, 3.05) is 7.05 Å². The summed E-state index contributed by atoms with van der Waals surface area (Å²) < 4.78 is 25.1. The fourth-order valence-corrected chi connectivity index (χ4v) is 0.913. The lowest BCUT2D eigenvalue weighted by molar-refractivity contribution is 0.400. The van der Waals surface area contributed by atoms with Crippen LogP contribution in [0.5, 0.6) is 5.75 Å². The zero-order valence-corrected chi connectivity index (χ0v) is 6.56. The quantitative estimate of drug-likeness (QED) is 0.708. The molecule has 12 heavy (non-hydrogen) atoms. The topological polar surface area (TPSA) is 32.3 Å². The Labute approximate surface area is 68.8 Å². The number of benzene rings is 1. The van der Waals surface area contributed by atoms with Crippen LogP contribution >= 0.6 is 0 Å². The summed E-state index contributed by atoms with van der Waals surface area (Å²) in [6.07, 6.45) is 0. The van der Waals surface area contributed by atoms with Gasteiger partial charge < -0.3 is 10.4 Å². The minimum Gasteiger partial charge on any atom is -0.505 e. The molecule has 0 saturated carbocycles. The van der Waals surface area contributed by atoms with Crippen LogP contribution in [0.3, 0.4) is 0 Å². The van der Waals surface area contributed by atoms with E-state index >= 15 is 0 Å². The molecule has 0 spiro atoms. The normalized spacial score (nSPS) is 10.2. The van der Waals surface area contributed by atoms with Crippen molar-refractivity contribution in [3.8, 4) is 5.75 Å². The highest BCUT2D eigenvalue weighted by Gasteiger charge is 2.10. The van der Waals surface area contributed by atoms with Crippen LogP contribution in [0.15, 0.2) is 12.1 Å². The molecule has 0 aliphatic heterocycles. The van der Waals surface area contributed by atoms with Crippen LogP contribution in [0.25, 0.3) is 0 Å². The van der Waals surface area contributed by atoms with Crippen molar-refractivity contribution < 1.29 is 13.9 Å². The standard InChI is InChI=1S/C8H9F2NO/c1-11-4-5-2-3-6(9)7(10)8(5)12/h2-3,11-12H,4H2,1H3. The van der Waals surface area contributed by atoms with Gasteiger partial charge in [0, 0.05) is 12.1 Å². The summed E-state index contributed by atoms with van der Waals surface area (Å²) in [6.45, 7) is 0.309. The lowest BCUT2D eigenvalue weighted by Crippen LogP contribution is -2.06. The third-order valence-corrected chi connectivity index (χ3v) is 1.52. The smallest absolute Gasteiger partial charge is 0.200 e. The average molecular weight is 173 g/mol. The van der Waals surface area contributed by atoms with E-state index in [1.165, 1.54) is 6.07 Å². The van der Waals surface area contributed by atoms with Gasteiger partial charge in [-0.15, -0.1) is 0 Å². The van der Waals surface area contributed by atoms with E-state index in [9.17, 15) is 8.78 Å². The van der Waals surface area contributed by atoms with Crippen LogP contribution in [0.4, 0.5) is 8.78 Å². The van der Waals surface area contributed by atoms with Gasteiger partial charge in [-0.1, -0.05) is 6.07 Å². The molecule has 0 atom stereocenters. The number of phenolic OH excluding ortho intramolecular Hbond substituents is 1. The lowest BCUT2D eigenvalue weighted by Gasteiger charge is -2.04. The number of hydrogen-bond acceptors (Lipinski definition) is 2. The summed E-state index contributed by atoms with van der Waals surface area (Å²) in [6, 6.07) is 2.33. The molecule has 0 fully saturated rings. The zero-order valence-electron chi connectivity index (χ0n) is 6.56. The Balaban J connectivity index is 3.08. The Hall–Kier alpha value is -1.16. The average Bonchev–Trinajstić information content (AvgIpc) is 2.07. The van der Waals surface area contributed by atoms with Gasteiger partial charge in [0.2, 0.25) is 5.82 Å². The highest BCUT2D eigenvalue weighted by molar-refractivity contribution is 5.34. The van der Waals surface area contributed by atoms with E-state index in [0.717, 1.165) is 6.07 Å². The third kappa shape index (κ3) is 1.53. The Kier molecular flexibility index (Phi) is 2.60. The van der Waals surface area contributed by atoms with E-state index in [-0.39, 0.29) is 0 Å². The molecule has 1 rings (SSSR count). The maximum atomic E-state index is 12.7. The molecule has 0 saturated heterocycles. The summed E-state index contributed by atoms with van der Waals surface area (Å²) in [7, 11) is 1.65. The molecule has 0 aromatic heterocycles. The summed E-state index contributed by atoms with van der Waals surface area (Å²) >= 11 is 0. The van der Waals surface area contributed by atoms with Crippen molar-refractivity contribution >= 4 is 0 Å². The van der Waals surface area contributed by atoms with E-state index in [0.29, 0.717) is 12.1 Å². The molecule has 0 amide bonds. The van der Waals surface area contributed by atoms with Gasteiger partial charge in [-0.05, 0) is 13.1 Å². The van der Waals surface area contributed by atoms with Crippen molar-refractivity contribution in [1.82, 2.24) is 5.32 Å². The molecular formula is C8H9F2NO. The second kappa shape index (κ2) is 3.49. The van der Waals surface area contributed by atoms with E-state index in [4.69, 9.17) is 5.11 Å². The second-order valence-corrected chi connectivity index (χ2v) is 2.40. The molecule has 0 unspecified atom stereocenters. The molecule has 1 aromatic carbocycles. The Morgan fingerprint density at radius 1 is 1.42 bits per heavy atom. The fraction of sp³-hybridized carbons (Fsp3) is 0.250. The molecule has 2 N–H and O–H groups in total. The Bertz CT molecular complexity index is 289. The van der Waals surface area contributed by atoms with Gasteiger partial charge in [0.05, 0.1) is 0 Å². The van der Waals surface area contributed by atoms with Gasteiger partial charge in [0.1, 0.15) is 0 Å². The molecule has 0 radical (unpaired) electrons. The minimum absolute atomic E-state index is 0.309. The van der Waals surface area contributed by atoms with Crippen LogP contribution in [-0.4, -0.2) is 12.2 Å².